The van der Waals surface area contributed by atoms with Crippen molar-refractivity contribution in [3.05, 3.63) is 0 Å². The van der Waals surface area contributed by atoms with Crippen molar-refractivity contribution in [3.63, 3.8) is 0 Å². The summed E-state index contributed by atoms with van der Waals surface area (Å²) >= 11 is 2.56. The minimum atomic E-state index is 0.545. The van der Waals surface area contributed by atoms with Crippen LogP contribution in [0.5, 0.6) is 0 Å². The molecule has 1 aliphatic rings. The van der Waals surface area contributed by atoms with E-state index in [1.807, 2.05) is 0 Å². The molecule has 1 saturated carbocycles. The van der Waals surface area contributed by atoms with Crippen LogP contribution < -0.4 is 0 Å². The molecular weight excluding hydrogens is 287 g/mol. The molecule has 1 rings (SSSR count). The van der Waals surface area contributed by atoms with Gasteiger partial charge in [0.15, 0.2) is 0 Å². The van der Waals surface area contributed by atoms with Crippen LogP contribution in [0.1, 0.15) is 52.4 Å². The van der Waals surface area contributed by atoms with Gasteiger partial charge in [0.05, 0.1) is 6.10 Å². The van der Waals surface area contributed by atoms with Gasteiger partial charge < -0.3 is 4.74 Å². The van der Waals surface area contributed by atoms with Gasteiger partial charge in [-0.15, -0.1) is 0 Å². The lowest BCUT2D eigenvalue weighted by molar-refractivity contribution is 0.0165. The molecule has 0 amide bonds. The van der Waals surface area contributed by atoms with Crippen molar-refractivity contribution in [1.29, 1.82) is 0 Å². The van der Waals surface area contributed by atoms with Gasteiger partial charge in [-0.25, -0.2) is 0 Å². The maximum Gasteiger partial charge on any atom is 0.0692 e. The van der Waals surface area contributed by atoms with Crippen LogP contribution >= 0.6 is 22.6 Å². The molecule has 0 aliphatic heterocycles. The molecule has 1 aliphatic carbocycles. The van der Waals surface area contributed by atoms with Gasteiger partial charge in [0.2, 0.25) is 0 Å². The number of ether oxygens (including phenoxy) is 1. The standard InChI is InChI=1S/C12H23IO/c1-3-6-10(2)9-14-12-8-5-4-7-11(12)13/h10-12H,3-9H2,1-2H3. The Morgan fingerprint density at radius 2 is 2.07 bits per heavy atom. The van der Waals surface area contributed by atoms with Crippen molar-refractivity contribution in [2.75, 3.05) is 6.61 Å². The average Bonchev–Trinajstić information content (AvgIpc) is 2.17. The first-order valence-corrected chi connectivity index (χ1v) is 7.24. The van der Waals surface area contributed by atoms with Crippen LogP contribution in [-0.2, 0) is 4.74 Å². The number of halogens is 1. The van der Waals surface area contributed by atoms with E-state index in [0.717, 1.165) is 16.4 Å². The van der Waals surface area contributed by atoms with E-state index < -0.39 is 0 Å². The second-order valence-corrected chi connectivity index (χ2v) is 6.17. The first-order valence-electron chi connectivity index (χ1n) is 5.99. The van der Waals surface area contributed by atoms with Gasteiger partial charge in [-0.2, -0.15) is 0 Å². The molecule has 1 nitrogen and oxygen atoms in total. The molecule has 0 aromatic rings. The molecule has 0 heterocycles. The molecule has 0 N–H and O–H groups in total. The van der Waals surface area contributed by atoms with Crippen LogP contribution in [0.15, 0.2) is 0 Å². The second kappa shape index (κ2) is 7.04. The monoisotopic (exact) mass is 310 g/mol. The Kier molecular flexibility index (Phi) is 6.42. The largest absolute Gasteiger partial charge is 0.377 e. The normalized spacial score (nSPS) is 30.2. The highest BCUT2D eigenvalue weighted by Crippen LogP contribution is 2.27. The number of hydrogen-bond acceptors (Lipinski definition) is 1. The lowest BCUT2D eigenvalue weighted by atomic mass is 9.97. The lowest BCUT2D eigenvalue weighted by Crippen LogP contribution is -2.29. The third-order valence-corrected chi connectivity index (χ3v) is 4.42. The molecular formula is C12H23IO. The summed E-state index contributed by atoms with van der Waals surface area (Å²) in [5.41, 5.74) is 0. The van der Waals surface area contributed by atoms with E-state index in [1.54, 1.807) is 0 Å². The molecule has 1 fully saturated rings. The summed E-state index contributed by atoms with van der Waals surface area (Å²) in [7, 11) is 0. The zero-order valence-corrected chi connectivity index (χ0v) is 11.6. The lowest BCUT2D eigenvalue weighted by Gasteiger charge is -2.28. The highest BCUT2D eigenvalue weighted by Gasteiger charge is 2.23. The smallest absolute Gasteiger partial charge is 0.0692 e. The molecule has 14 heavy (non-hydrogen) atoms. The Bertz CT molecular complexity index is 149. The van der Waals surface area contributed by atoms with Crippen molar-refractivity contribution < 1.29 is 4.74 Å². The van der Waals surface area contributed by atoms with Crippen molar-refractivity contribution in [3.8, 4) is 0 Å². The van der Waals surface area contributed by atoms with Crippen molar-refractivity contribution >= 4 is 22.6 Å². The van der Waals surface area contributed by atoms with Crippen LogP contribution in [0.4, 0.5) is 0 Å². The predicted octanol–water partition coefficient (Wildman–Crippen LogP) is 4.19. The van der Waals surface area contributed by atoms with E-state index >= 15 is 0 Å². The fraction of sp³-hybridized carbons (Fsp3) is 1.00. The first kappa shape index (κ1) is 12.8. The molecule has 0 spiro atoms. The molecule has 3 atom stereocenters. The summed E-state index contributed by atoms with van der Waals surface area (Å²) in [6.45, 7) is 5.52. The SMILES string of the molecule is CCCC(C)COC1CCCCC1I. The summed E-state index contributed by atoms with van der Waals surface area (Å²) in [5.74, 6) is 0.741. The van der Waals surface area contributed by atoms with Crippen LogP contribution in [0.25, 0.3) is 0 Å². The molecule has 0 saturated heterocycles. The minimum Gasteiger partial charge on any atom is -0.377 e. The van der Waals surface area contributed by atoms with Gasteiger partial charge in [0, 0.05) is 10.5 Å². The number of rotatable bonds is 5. The average molecular weight is 310 g/mol. The van der Waals surface area contributed by atoms with Gasteiger partial charge in [0.1, 0.15) is 0 Å². The predicted molar refractivity (Wildman–Crippen MR) is 70.1 cm³/mol. The molecule has 0 aromatic carbocycles. The number of hydrogen-bond donors (Lipinski definition) is 0. The molecule has 0 aromatic heterocycles. The van der Waals surface area contributed by atoms with Crippen LogP contribution in [0.3, 0.4) is 0 Å². The zero-order chi connectivity index (χ0) is 10.4. The Morgan fingerprint density at radius 3 is 2.71 bits per heavy atom. The summed E-state index contributed by atoms with van der Waals surface area (Å²) in [6, 6.07) is 0. The first-order chi connectivity index (χ1) is 6.74. The van der Waals surface area contributed by atoms with Gasteiger partial charge in [-0.1, -0.05) is 55.7 Å². The second-order valence-electron chi connectivity index (χ2n) is 4.57. The molecule has 2 heteroatoms. The van der Waals surface area contributed by atoms with E-state index in [-0.39, 0.29) is 0 Å². The summed E-state index contributed by atoms with van der Waals surface area (Å²) in [6.07, 6.45) is 8.54. The van der Waals surface area contributed by atoms with Gasteiger partial charge >= 0.3 is 0 Å². The molecule has 0 radical (unpaired) electrons. The van der Waals surface area contributed by atoms with Crippen LogP contribution in [0, 0.1) is 5.92 Å². The zero-order valence-electron chi connectivity index (χ0n) is 9.47. The maximum atomic E-state index is 6.00. The van der Waals surface area contributed by atoms with Crippen LogP contribution in [0.2, 0.25) is 0 Å². The number of alkyl halides is 1. The Balaban J connectivity index is 2.15. The summed E-state index contributed by atoms with van der Waals surface area (Å²) in [5, 5.41) is 0. The third kappa shape index (κ3) is 4.47. The Morgan fingerprint density at radius 1 is 1.36 bits per heavy atom. The fourth-order valence-electron chi connectivity index (χ4n) is 2.10. The Hall–Kier alpha value is 0.690. The van der Waals surface area contributed by atoms with Gasteiger partial charge in [0.25, 0.3) is 0 Å². The topological polar surface area (TPSA) is 9.23 Å². The van der Waals surface area contributed by atoms with Gasteiger partial charge in [-0.3, -0.25) is 0 Å². The molecule has 3 unspecified atom stereocenters. The molecule has 84 valence electrons. The Labute approximate surface area is 102 Å². The van der Waals surface area contributed by atoms with Crippen molar-refractivity contribution in [2.24, 2.45) is 5.92 Å². The maximum absolute atomic E-state index is 6.00. The van der Waals surface area contributed by atoms with Crippen LogP contribution in [-0.4, -0.2) is 16.6 Å². The summed E-state index contributed by atoms with van der Waals surface area (Å²) < 4.78 is 6.76. The highest BCUT2D eigenvalue weighted by molar-refractivity contribution is 14.1. The fourth-order valence-corrected chi connectivity index (χ4v) is 3.11. The minimum absolute atomic E-state index is 0.545. The van der Waals surface area contributed by atoms with E-state index in [9.17, 15) is 0 Å². The quantitative estimate of drug-likeness (QED) is 0.546. The van der Waals surface area contributed by atoms with E-state index in [1.165, 1.54) is 38.5 Å². The molecule has 0 bridgehead atoms. The van der Waals surface area contributed by atoms with Crippen molar-refractivity contribution in [2.45, 2.75) is 62.4 Å². The third-order valence-electron chi connectivity index (χ3n) is 3.00. The highest BCUT2D eigenvalue weighted by atomic mass is 127. The van der Waals surface area contributed by atoms with E-state index in [0.29, 0.717) is 6.10 Å². The van der Waals surface area contributed by atoms with E-state index in [4.69, 9.17) is 4.74 Å². The van der Waals surface area contributed by atoms with Gasteiger partial charge in [-0.05, 0) is 25.2 Å². The van der Waals surface area contributed by atoms with E-state index in [2.05, 4.69) is 36.4 Å². The van der Waals surface area contributed by atoms with Crippen molar-refractivity contribution in [1.82, 2.24) is 0 Å². The summed E-state index contributed by atoms with van der Waals surface area (Å²) in [4.78, 5) is 0.